The van der Waals surface area contributed by atoms with Crippen molar-refractivity contribution >= 4 is 0 Å². The molecule has 18 heavy (non-hydrogen) atoms. The molecule has 0 spiro atoms. The molecule has 0 aliphatic carbocycles. The summed E-state index contributed by atoms with van der Waals surface area (Å²) in [5.74, 6) is 1.63. The molecule has 2 nitrogen and oxygen atoms in total. The van der Waals surface area contributed by atoms with Crippen LogP contribution in [-0.2, 0) is 0 Å². The van der Waals surface area contributed by atoms with Crippen molar-refractivity contribution in [2.75, 3.05) is 26.7 Å². The molecule has 0 fully saturated rings. The molecule has 0 aromatic rings. The lowest BCUT2D eigenvalue weighted by molar-refractivity contribution is 0.177. The lowest BCUT2D eigenvalue weighted by Gasteiger charge is -2.30. The molecule has 0 bridgehead atoms. The van der Waals surface area contributed by atoms with E-state index in [9.17, 15) is 0 Å². The monoisotopic (exact) mass is 256 g/mol. The summed E-state index contributed by atoms with van der Waals surface area (Å²) in [6.07, 6.45) is 5.26. The molecule has 0 saturated heterocycles. The number of rotatable bonds is 11. The van der Waals surface area contributed by atoms with Crippen molar-refractivity contribution in [2.24, 2.45) is 11.8 Å². The van der Waals surface area contributed by atoms with E-state index in [0.717, 1.165) is 24.4 Å². The van der Waals surface area contributed by atoms with Gasteiger partial charge in [0.05, 0.1) is 0 Å². The van der Waals surface area contributed by atoms with E-state index in [4.69, 9.17) is 0 Å². The standard InChI is InChI=1S/C16H36N2/c1-14(2)9-12-18(13-10-15(3)4)16(5)8-7-11-17-6/h14-17H,7-13H2,1-6H3. The van der Waals surface area contributed by atoms with Gasteiger partial charge >= 0.3 is 0 Å². The van der Waals surface area contributed by atoms with Crippen molar-refractivity contribution < 1.29 is 0 Å². The van der Waals surface area contributed by atoms with Crippen LogP contribution in [0.2, 0.25) is 0 Å². The molecule has 1 unspecified atom stereocenters. The van der Waals surface area contributed by atoms with Gasteiger partial charge < -0.3 is 10.2 Å². The Kier molecular flexibility index (Phi) is 10.8. The Balaban J connectivity index is 4.07. The number of hydrogen-bond donors (Lipinski definition) is 1. The van der Waals surface area contributed by atoms with Gasteiger partial charge in [-0.25, -0.2) is 0 Å². The van der Waals surface area contributed by atoms with E-state index in [0.29, 0.717) is 0 Å². The first kappa shape index (κ1) is 17.9. The fraction of sp³-hybridized carbons (Fsp3) is 1.00. The summed E-state index contributed by atoms with van der Waals surface area (Å²) in [5, 5.41) is 3.24. The van der Waals surface area contributed by atoms with Crippen molar-refractivity contribution in [2.45, 2.75) is 66.3 Å². The average Bonchev–Trinajstić information content (AvgIpc) is 2.28. The Bertz CT molecular complexity index is 166. The van der Waals surface area contributed by atoms with E-state index in [1.54, 1.807) is 0 Å². The fourth-order valence-corrected chi connectivity index (χ4v) is 2.16. The highest BCUT2D eigenvalue weighted by Crippen LogP contribution is 2.12. The number of nitrogens with zero attached hydrogens (tertiary/aromatic N) is 1. The molecule has 0 radical (unpaired) electrons. The first-order chi connectivity index (χ1) is 8.47. The molecular weight excluding hydrogens is 220 g/mol. The van der Waals surface area contributed by atoms with Gasteiger partial charge in [0.2, 0.25) is 0 Å². The first-order valence-electron chi connectivity index (χ1n) is 7.86. The van der Waals surface area contributed by atoms with Crippen LogP contribution in [0.5, 0.6) is 0 Å². The average molecular weight is 256 g/mol. The molecule has 0 aromatic heterocycles. The van der Waals surface area contributed by atoms with E-state index in [1.165, 1.54) is 38.8 Å². The van der Waals surface area contributed by atoms with Crippen molar-refractivity contribution in [1.82, 2.24) is 10.2 Å². The molecule has 110 valence electrons. The molecule has 0 aromatic carbocycles. The molecule has 0 saturated carbocycles. The van der Waals surface area contributed by atoms with Crippen LogP contribution >= 0.6 is 0 Å². The molecule has 1 N–H and O–H groups in total. The van der Waals surface area contributed by atoms with Gasteiger partial charge in [-0.2, -0.15) is 0 Å². The Morgan fingerprint density at radius 2 is 1.33 bits per heavy atom. The third kappa shape index (κ3) is 9.90. The van der Waals surface area contributed by atoms with Crippen LogP contribution in [0.4, 0.5) is 0 Å². The van der Waals surface area contributed by atoms with Crippen LogP contribution in [0.15, 0.2) is 0 Å². The van der Waals surface area contributed by atoms with Gasteiger partial charge in [0.1, 0.15) is 0 Å². The third-order valence-corrected chi connectivity index (χ3v) is 3.66. The maximum Gasteiger partial charge on any atom is 0.00674 e. The molecular formula is C16H36N2. The predicted molar refractivity (Wildman–Crippen MR) is 83.1 cm³/mol. The van der Waals surface area contributed by atoms with Gasteiger partial charge in [-0.1, -0.05) is 27.7 Å². The number of nitrogens with one attached hydrogen (secondary N) is 1. The minimum absolute atomic E-state index is 0.732. The summed E-state index contributed by atoms with van der Waals surface area (Å²) in [4.78, 5) is 2.70. The first-order valence-corrected chi connectivity index (χ1v) is 7.86. The third-order valence-electron chi connectivity index (χ3n) is 3.66. The zero-order chi connectivity index (χ0) is 14.0. The Labute approximate surface area is 116 Å². The Hall–Kier alpha value is -0.0800. The smallest absolute Gasteiger partial charge is 0.00674 e. The zero-order valence-electron chi connectivity index (χ0n) is 13.6. The largest absolute Gasteiger partial charge is 0.320 e. The minimum Gasteiger partial charge on any atom is -0.320 e. The van der Waals surface area contributed by atoms with Crippen molar-refractivity contribution in [3.8, 4) is 0 Å². The second-order valence-corrected chi connectivity index (χ2v) is 6.50. The highest BCUT2D eigenvalue weighted by Gasteiger charge is 2.14. The molecule has 0 rings (SSSR count). The van der Waals surface area contributed by atoms with Crippen LogP contribution < -0.4 is 5.32 Å². The maximum atomic E-state index is 3.24. The second kappa shape index (κ2) is 10.8. The summed E-state index contributed by atoms with van der Waals surface area (Å²) < 4.78 is 0. The summed E-state index contributed by atoms with van der Waals surface area (Å²) in [6.45, 7) is 15.4. The van der Waals surface area contributed by atoms with Crippen LogP contribution in [0.3, 0.4) is 0 Å². The highest BCUT2D eigenvalue weighted by atomic mass is 15.1. The van der Waals surface area contributed by atoms with E-state index in [2.05, 4.69) is 44.8 Å². The van der Waals surface area contributed by atoms with E-state index >= 15 is 0 Å². The van der Waals surface area contributed by atoms with Crippen LogP contribution in [-0.4, -0.2) is 37.6 Å². The van der Waals surface area contributed by atoms with E-state index in [-0.39, 0.29) is 0 Å². The van der Waals surface area contributed by atoms with Gasteiger partial charge in [-0.15, -0.1) is 0 Å². The quantitative estimate of drug-likeness (QED) is 0.566. The van der Waals surface area contributed by atoms with E-state index in [1.807, 2.05) is 7.05 Å². The van der Waals surface area contributed by atoms with E-state index < -0.39 is 0 Å². The van der Waals surface area contributed by atoms with Crippen molar-refractivity contribution in [3.63, 3.8) is 0 Å². The topological polar surface area (TPSA) is 15.3 Å². The molecule has 0 heterocycles. The second-order valence-electron chi connectivity index (χ2n) is 6.50. The summed E-state index contributed by atoms with van der Waals surface area (Å²) in [7, 11) is 2.04. The molecule has 1 atom stereocenters. The van der Waals surface area contributed by atoms with Crippen LogP contribution in [0.25, 0.3) is 0 Å². The summed E-state index contributed by atoms with van der Waals surface area (Å²) in [5.41, 5.74) is 0. The van der Waals surface area contributed by atoms with Gasteiger partial charge in [0.15, 0.2) is 0 Å². The summed E-state index contributed by atoms with van der Waals surface area (Å²) >= 11 is 0. The lowest BCUT2D eigenvalue weighted by atomic mass is 10.1. The van der Waals surface area contributed by atoms with Crippen molar-refractivity contribution in [3.05, 3.63) is 0 Å². The normalized spacial score (nSPS) is 13.8. The molecule has 0 aliphatic heterocycles. The van der Waals surface area contributed by atoms with Crippen molar-refractivity contribution in [1.29, 1.82) is 0 Å². The fourth-order valence-electron chi connectivity index (χ4n) is 2.16. The van der Waals surface area contributed by atoms with Crippen LogP contribution in [0.1, 0.15) is 60.3 Å². The lowest BCUT2D eigenvalue weighted by Crippen LogP contribution is -2.36. The SMILES string of the molecule is CNCCCC(C)N(CCC(C)C)CCC(C)C. The minimum atomic E-state index is 0.732. The summed E-state index contributed by atoms with van der Waals surface area (Å²) in [6, 6.07) is 0.732. The Morgan fingerprint density at radius 3 is 1.72 bits per heavy atom. The van der Waals surface area contributed by atoms with Crippen LogP contribution in [0, 0.1) is 11.8 Å². The maximum absolute atomic E-state index is 3.24. The highest BCUT2D eigenvalue weighted by molar-refractivity contribution is 4.69. The zero-order valence-corrected chi connectivity index (χ0v) is 13.6. The molecule has 2 heteroatoms. The molecule has 0 amide bonds. The Morgan fingerprint density at radius 1 is 0.833 bits per heavy atom. The van der Waals surface area contributed by atoms with Gasteiger partial charge in [0, 0.05) is 6.04 Å². The van der Waals surface area contributed by atoms with Gasteiger partial charge in [0.25, 0.3) is 0 Å². The number of hydrogen-bond acceptors (Lipinski definition) is 2. The van der Waals surface area contributed by atoms with Gasteiger partial charge in [-0.3, -0.25) is 0 Å². The predicted octanol–water partition coefficient (Wildman–Crippen LogP) is 3.77. The van der Waals surface area contributed by atoms with Gasteiger partial charge in [-0.05, 0) is 71.1 Å². The molecule has 0 aliphatic rings.